The SMILES string of the molecule is C=C(CN1Cc2c(ccc3ccc(-c4cc(OC)c(N)c(C(=O)NC5CCN(C)CC5)c4)cc23)C1=O)C(=O)NC. The van der Waals surface area contributed by atoms with Crippen LogP contribution in [-0.2, 0) is 11.3 Å². The van der Waals surface area contributed by atoms with Crippen LogP contribution in [-0.4, -0.2) is 74.4 Å². The monoisotopic (exact) mass is 541 g/mol. The van der Waals surface area contributed by atoms with Crippen molar-refractivity contribution in [2.75, 3.05) is 46.6 Å². The number of likely N-dealkylation sites (N-methyl/N-ethyl adjacent to an activating group) is 1. The number of ether oxygens (including phenoxy) is 1. The fourth-order valence-electron chi connectivity index (χ4n) is 5.54. The summed E-state index contributed by atoms with van der Waals surface area (Å²) >= 11 is 0. The second kappa shape index (κ2) is 11.0. The van der Waals surface area contributed by atoms with Crippen LogP contribution in [0.1, 0.15) is 39.1 Å². The van der Waals surface area contributed by atoms with Crippen LogP contribution in [0.15, 0.2) is 54.6 Å². The van der Waals surface area contributed by atoms with E-state index in [4.69, 9.17) is 10.5 Å². The number of nitrogens with one attached hydrogen (secondary N) is 2. The number of fused-ring (bicyclic) bond motifs is 3. The Balaban J connectivity index is 1.48. The number of amides is 3. The molecule has 0 unspecified atom stereocenters. The maximum absolute atomic E-state index is 13.3. The first-order valence-corrected chi connectivity index (χ1v) is 13.4. The Morgan fingerprint density at radius 2 is 1.82 bits per heavy atom. The van der Waals surface area contributed by atoms with Gasteiger partial charge in [-0.3, -0.25) is 14.4 Å². The van der Waals surface area contributed by atoms with Gasteiger partial charge in [-0.15, -0.1) is 0 Å². The normalized spacial score (nSPS) is 15.7. The molecule has 0 aliphatic carbocycles. The maximum atomic E-state index is 13.3. The van der Waals surface area contributed by atoms with E-state index in [-0.39, 0.29) is 30.3 Å². The lowest BCUT2D eigenvalue weighted by Crippen LogP contribution is -2.43. The van der Waals surface area contributed by atoms with Gasteiger partial charge < -0.3 is 30.9 Å². The zero-order chi connectivity index (χ0) is 28.6. The smallest absolute Gasteiger partial charge is 0.254 e. The molecule has 3 amide bonds. The first-order chi connectivity index (χ1) is 19.2. The minimum Gasteiger partial charge on any atom is -0.495 e. The molecule has 208 valence electrons. The van der Waals surface area contributed by atoms with E-state index < -0.39 is 0 Å². The van der Waals surface area contributed by atoms with Crippen molar-refractivity contribution in [3.05, 3.63) is 71.3 Å². The van der Waals surface area contributed by atoms with Crippen molar-refractivity contribution in [1.82, 2.24) is 20.4 Å². The van der Waals surface area contributed by atoms with Gasteiger partial charge in [0.15, 0.2) is 0 Å². The molecule has 0 saturated carbocycles. The van der Waals surface area contributed by atoms with E-state index in [1.807, 2.05) is 36.4 Å². The third-order valence-corrected chi connectivity index (χ3v) is 7.92. The molecule has 0 aromatic heterocycles. The molecular formula is C31H35N5O4. The standard InChI is InChI=1S/C31H35N5O4/c1-18(29(37)33-2)16-36-17-26-23(31(36)39)8-7-19-5-6-20(13-24(19)26)21-14-25(28(32)27(15-21)40-4)30(38)34-22-9-11-35(3)12-10-22/h5-8,13-15,22H,1,9-12,16-17,32H2,2-4H3,(H,33,37)(H,34,38). The number of nitrogens with two attached hydrogens (primary N) is 1. The third kappa shape index (κ3) is 5.12. The number of nitrogens with zero attached hydrogens (tertiary/aromatic N) is 2. The topological polar surface area (TPSA) is 117 Å². The summed E-state index contributed by atoms with van der Waals surface area (Å²) in [7, 11) is 5.16. The molecule has 4 N–H and O–H groups in total. The minimum atomic E-state index is -0.288. The van der Waals surface area contributed by atoms with Crippen LogP contribution in [0.3, 0.4) is 0 Å². The predicted molar refractivity (Wildman–Crippen MR) is 156 cm³/mol. The van der Waals surface area contributed by atoms with Crippen LogP contribution in [0.2, 0.25) is 0 Å². The minimum absolute atomic E-state index is 0.0981. The molecule has 2 heterocycles. The highest BCUT2D eigenvalue weighted by molar-refractivity contribution is 6.06. The molecule has 9 heteroatoms. The van der Waals surface area contributed by atoms with Gasteiger partial charge in [-0.2, -0.15) is 0 Å². The molecule has 5 rings (SSSR count). The summed E-state index contributed by atoms with van der Waals surface area (Å²) in [6, 6.07) is 13.5. The van der Waals surface area contributed by atoms with Crippen LogP contribution < -0.4 is 21.1 Å². The zero-order valence-electron chi connectivity index (χ0n) is 23.2. The Bertz CT molecular complexity index is 1520. The van der Waals surface area contributed by atoms with Gasteiger partial charge in [0.05, 0.1) is 24.9 Å². The predicted octanol–water partition coefficient (Wildman–Crippen LogP) is 3.18. The van der Waals surface area contributed by atoms with E-state index in [0.717, 1.165) is 53.4 Å². The zero-order valence-corrected chi connectivity index (χ0v) is 23.2. The van der Waals surface area contributed by atoms with Gasteiger partial charge in [0, 0.05) is 30.8 Å². The van der Waals surface area contributed by atoms with Crippen molar-refractivity contribution in [2.24, 2.45) is 0 Å². The highest BCUT2D eigenvalue weighted by Gasteiger charge is 2.30. The first kappa shape index (κ1) is 27.2. The molecule has 0 radical (unpaired) electrons. The molecule has 3 aromatic carbocycles. The number of likely N-dealkylation sites (tertiary alicyclic amines) is 1. The van der Waals surface area contributed by atoms with Crippen molar-refractivity contribution in [3.63, 3.8) is 0 Å². The molecule has 3 aromatic rings. The van der Waals surface area contributed by atoms with E-state index in [1.54, 1.807) is 18.0 Å². The lowest BCUT2D eigenvalue weighted by atomic mass is 9.94. The molecule has 0 bridgehead atoms. The molecule has 2 aliphatic heterocycles. The summed E-state index contributed by atoms with van der Waals surface area (Å²) < 4.78 is 5.55. The van der Waals surface area contributed by atoms with Gasteiger partial charge in [0.1, 0.15) is 5.75 Å². The lowest BCUT2D eigenvalue weighted by molar-refractivity contribution is -0.117. The second-order valence-electron chi connectivity index (χ2n) is 10.6. The fraction of sp³-hybridized carbons (Fsp3) is 0.323. The molecule has 2 aliphatic rings. The summed E-state index contributed by atoms with van der Waals surface area (Å²) in [6.45, 7) is 6.22. The van der Waals surface area contributed by atoms with Crippen molar-refractivity contribution in [3.8, 4) is 16.9 Å². The quantitative estimate of drug-likeness (QED) is 0.313. The molecule has 0 atom stereocenters. The summed E-state index contributed by atoms with van der Waals surface area (Å²) in [5, 5.41) is 7.63. The number of hydrogen-bond donors (Lipinski definition) is 3. The van der Waals surface area contributed by atoms with Gasteiger partial charge in [0.2, 0.25) is 5.91 Å². The average Bonchev–Trinajstić information content (AvgIpc) is 3.28. The number of methoxy groups -OCH3 is 1. The van der Waals surface area contributed by atoms with E-state index in [2.05, 4.69) is 29.2 Å². The Labute approximate surface area is 234 Å². The van der Waals surface area contributed by atoms with Crippen LogP contribution in [0.4, 0.5) is 5.69 Å². The summed E-state index contributed by atoms with van der Waals surface area (Å²) in [6.07, 6.45) is 1.78. The highest BCUT2D eigenvalue weighted by atomic mass is 16.5. The van der Waals surface area contributed by atoms with E-state index >= 15 is 0 Å². The molecule has 1 fully saturated rings. The number of benzene rings is 3. The molecule has 9 nitrogen and oxygen atoms in total. The Kier molecular flexibility index (Phi) is 7.49. The third-order valence-electron chi connectivity index (χ3n) is 7.92. The maximum Gasteiger partial charge on any atom is 0.254 e. The Morgan fingerprint density at radius 1 is 1.10 bits per heavy atom. The van der Waals surface area contributed by atoms with Crippen LogP contribution in [0.25, 0.3) is 21.9 Å². The second-order valence-corrected chi connectivity index (χ2v) is 10.6. The van der Waals surface area contributed by atoms with Crippen LogP contribution in [0, 0.1) is 0 Å². The van der Waals surface area contributed by atoms with Gasteiger partial charge in [-0.25, -0.2) is 0 Å². The number of rotatable bonds is 7. The number of carbonyl (C=O) groups excluding carboxylic acids is 3. The van der Waals surface area contributed by atoms with E-state index in [0.29, 0.717) is 34.7 Å². The number of anilines is 1. The van der Waals surface area contributed by atoms with Gasteiger partial charge in [-0.05, 0) is 84.7 Å². The Morgan fingerprint density at radius 3 is 2.52 bits per heavy atom. The van der Waals surface area contributed by atoms with E-state index in [1.165, 1.54) is 7.11 Å². The number of nitrogen functional groups attached to an aromatic ring is 1. The largest absolute Gasteiger partial charge is 0.495 e. The van der Waals surface area contributed by atoms with Crippen LogP contribution in [0.5, 0.6) is 5.75 Å². The van der Waals surface area contributed by atoms with Gasteiger partial charge in [0.25, 0.3) is 11.8 Å². The summed E-state index contributed by atoms with van der Waals surface area (Å²) in [5.41, 5.74) is 10.5. The number of carbonyl (C=O) groups is 3. The molecule has 40 heavy (non-hydrogen) atoms. The summed E-state index contributed by atoms with van der Waals surface area (Å²) in [5.74, 6) is -0.205. The average molecular weight is 542 g/mol. The van der Waals surface area contributed by atoms with Crippen LogP contribution >= 0.6 is 0 Å². The van der Waals surface area contributed by atoms with Crippen molar-refractivity contribution in [2.45, 2.75) is 25.4 Å². The molecule has 1 saturated heterocycles. The first-order valence-electron chi connectivity index (χ1n) is 13.4. The van der Waals surface area contributed by atoms with Gasteiger partial charge in [-0.1, -0.05) is 24.8 Å². The fourth-order valence-corrected chi connectivity index (χ4v) is 5.54. The number of piperidine rings is 1. The summed E-state index contributed by atoms with van der Waals surface area (Å²) in [4.78, 5) is 42.3. The molecular weight excluding hydrogens is 506 g/mol. The Hall–Kier alpha value is -4.37. The highest BCUT2D eigenvalue weighted by Crippen LogP contribution is 2.37. The van der Waals surface area contributed by atoms with E-state index in [9.17, 15) is 14.4 Å². The number of hydrogen-bond acceptors (Lipinski definition) is 6. The van der Waals surface area contributed by atoms with Crippen molar-refractivity contribution in [1.29, 1.82) is 0 Å². The molecule has 0 spiro atoms. The van der Waals surface area contributed by atoms with Gasteiger partial charge >= 0.3 is 0 Å². The van der Waals surface area contributed by atoms with Crippen molar-refractivity contribution >= 4 is 34.2 Å². The lowest BCUT2D eigenvalue weighted by Gasteiger charge is -2.29. The van der Waals surface area contributed by atoms with Crippen molar-refractivity contribution < 1.29 is 19.1 Å².